The molecule has 0 spiro atoms. The summed E-state index contributed by atoms with van der Waals surface area (Å²) in [5, 5.41) is 9.85. The molecule has 0 aliphatic carbocycles. The molecule has 0 radical (unpaired) electrons. The Labute approximate surface area is 216 Å². The van der Waals surface area contributed by atoms with Gasteiger partial charge in [-0.25, -0.2) is 4.79 Å². The van der Waals surface area contributed by atoms with Crippen molar-refractivity contribution in [1.29, 1.82) is 0 Å². The number of carbonyl (C=O) groups excluding carboxylic acids is 2. The van der Waals surface area contributed by atoms with E-state index in [1.54, 1.807) is 24.1 Å². The van der Waals surface area contributed by atoms with Crippen LogP contribution < -0.4 is 20.9 Å². The lowest BCUT2D eigenvalue weighted by molar-refractivity contribution is -0.110. The van der Waals surface area contributed by atoms with E-state index in [2.05, 4.69) is 20.9 Å². The average molecular weight is 504 g/mol. The summed E-state index contributed by atoms with van der Waals surface area (Å²) in [6.45, 7) is 1.53. The topological polar surface area (TPSA) is 76.7 Å². The third kappa shape index (κ3) is 5.87. The fourth-order valence-corrected chi connectivity index (χ4v) is 4.19. The van der Waals surface area contributed by atoms with Gasteiger partial charge in [0.05, 0.1) is 17.0 Å². The van der Waals surface area contributed by atoms with Gasteiger partial charge in [-0.3, -0.25) is 9.69 Å². The second-order valence-electron chi connectivity index (χ2n) is 8.88. The van der Waals surface area contributed by atoms with Crippen molar-refractivity contribution < 1.29 is 9.59 Å². The quantitative estimate of drug-likeness (QED) is 0.285. The first kappa shape index (κ1) is 25.3. The van der Waals surface area contributed by atoms with Gasteiger partial charge >= 0.3 is 6.03 Å². The minimum atomic E-state index is -0.194. The SMILES string of the molecule is CN(C)CCCNC(=O)N(C)c1ccc(NC(=C2C(=O)Nc3cc(Cl)ccc32)c2ccccc2)cc1. The van der Waals surface area contributed by atoms with Gasteiger partial charge < -0.3 is 20.9 Å². The average Bonchev–Trinajstić information content (AvgIpc) is 3.19. The Morgan fingerprint density at radius 2 is 1.69 bits per heavy atom. The van der Waals surface area contributed by atoms with Crippen molar-refractivity contribution in [2.45, 2.75) is 6.42 Å². The van der Waals surface area contributed by atoms with Crippen LogP contribution in [-0.2, 0) is 4.79 Å². The highest BCUT2D eigenvalue weighted by molar-refractivity contribution is 6.38. The number of anilines is 3. The fraction of sp³-hybridized carbons (Fsp3) is 0.214. The molecule has 1 aliphatic rings. The molecule has 3 N–H and O–H groups in total. The number of benzene rings is 3. The first-order valence-electron chi connectivity index (χ1n) is 11.8. The van der Waals surface area contributed by atoms with E-state index in [1.165, 1.54) is 0 Å². The van der Waals surface area contributed by atoms with Crippen LogP contribution in [0.3, 0.4) is 0 Å². The molecule has 3 amide bonds. The summed E-state index contributed by atoms with van der Waals surface area (Å²) < 4.78 is 0. The number of fused-ring (bicyclic) bond motifs is 1. The molecule has 0 atom stereocenters. The second kappa shape index (κ2) is 11.3. The number of carbonyl (C=O) groups is 2. The zero-order chi connectivity index (χ0) is 25.7. The lowest BCUT2D eigenvalue weighted by atomic mass is 10.00. The maximum atomic E-state index is 13.0. The smallest absolute Gasteiger partial charge is 0.321 e. The van der Waals surface area contributed by atoms with Crippen molar-refractivity contribution in [1.82, 2.24) is 10.2 Å². The van der Waals surface area contributed by atoms with Crippen LogP contribution in [0.1, 0.15) is 17.5 Å². The van der Waals surface area contributed by atoms with Gasteiger partial charge in [0, 0.05) is 35.6 Å². The van der Waals surface area contributed by atoms with Crippen molar-refractivity contribution in [3.8, 4) is 0 Å². The summed E-state index contributed by atoms with van der Waals surface area (Å²) in [7, 11) is 5.76. The standard InChI is InChI=1S/C28H30ClN5O2/c1-33(2)17-7-16-30-28(36)34(3)22-13-11-21(12-14-22)31-26(19-8-5-4-6-9-19)25-23-15-10-20(29)18-24(23)32-27(25)35/h4-6,8-15,18,31H,7,16-17H2,1-3H3,(H,30,36)(H,32,35). The van der Waals surface area contributed by atoms with Crippen LogP contribution in [0.15, 0.2) is 72.8 Å². The van der Waals surface area contributed by atoms with E-state index in [9.17, 15) is 9.59 Å². The first-order chi connectivity index (χ1) is 17.3. The molecular weight excluding hydrogens is 474 g/mol. The van der Waals surface area contributed by atoms with Crippen molar-refractivity contribution in [3.05, 3.63) is 88.9 Å². The number of urea groups is 1. The highest BCUT2D eigenvalue weighted by atomic mass is 35.5. The molecule has 1 heterocycles. The molecule has 1 aliphatic heterocycles. The maximum Gasteiger partial charge on any atom is 0.321 e. The van der Waals surface area contributed by atoms with Gasteiger partial charge in [-0.15, -0.1) is 0 Å². The van der Waals surface area contributed by atoms with Gasteiger partial charge in [-0.2, -0.15) is 0 Å². The van der Waals surface area contributed by atoms with Gasteiger partial charge in [-0.1, -0.05) is 48.0 Å². The van der Waals surface area contributed by atoms with E-state index in [0.29, 0.717) is 28.5 Å². The zero-order valence-corrected chi connectivity index (χ0v) is 21.4. The van der Waals surface area contributed by atoms with Crippen molar-refractivity contribution in [2.24, 2.45) is 0 Å². The van der Waals surface area contributed by atoms with Crippen LogP contribution in [-0.4, -0.2) is 51.1 Å². The molecule has 3 aromatic rings. The molecule has 186 valence electrons. The molecule has 0 aromatic heterocycles. The number of nitrogens with zero attached hydrogens (tertiary/aromatic N) is 2. The Hall–Kier alpha value is -3.81. The van der Waals surface area contributed by atoms with Gasteiger partial charge in [0.2, 0.25) is 0 Å². The minimum Gasteiger partial charge on any atom is -0.354 e. The third-order valence-electron chi connectivity index (χ3n) is 5.93. The van der Waals surface area contributed by atoms with E-state index in [0.717, 1.165) is 35.5 Å². The predicted molar refractivity (Wildman–Crippen MR) is 148 cm³/mol. The molecule has 7 nitrogen and oxygen atoms in total. The zero-order valence-electron chi connectivity index (χ0n) is 20.6. The van der Waals surface area contributed by atoms with Gasteiger partial charge in [-0.05, 0) is 69.0 Å². The number of nitrogens with one attached hydrogen (secondary N) is 3. The lowest BCUT2D eigenvalue weighted by Crippen LogP contribution is -2.38. The Morgan fingerprint density at radius 1 is 0.972 bits per heavy atom. The number of halogens is 1. The van der Waals surface area contributed by atoms with E-state index >= 15 is 0 Å². The molecule has 8 heteroatoms. The summed E-state index contributed by atoms with van der Waals surface area (Å²) in [5.74, 6) is -0.194. The summed E-state index contributed by atoms with van der Waals surface area (Å²) >= 11 is 6.14. The van der Waals surface area contributed by atoms with Crippen LogP contribution in [0.4, 0.5) is 21.9 Å². The Morgan fingerprint density at radius 3 is 2.39 bits per heavy atom. The Kier molecular flexibility index (Phi) is 7.93. The molecular formula is C28H30ClN5O2. The van der Waals surface area contributed by atoms with E-state index in [-0.39, 0.29) is 11.9 Å². The summed E-state index contributed by atoms with van der Waals surface area (Å²) in [6, 6.07) is 22.5. The summed E-state index contributed by atoms with van der Waals surface area (Å²) in [6.07, 6.45) is 0.884. The van der Waals surface area contributed by atoms with Crippen LogP contribution in [0, 0.1) is 0 Å². The van der Waals surface area contributed by atoms with Crippen molar-refractivity contribution in [2.75, 3.05) is 49.8 Å². The maximum absolute atomic E-state index is 13.0. The van der Waals surface area contributed by atoms with Gasteiger partial charge in [0.25, 0.3) is 5.91 Å². The third-order valence-corrected chi connectivity index (χ3v) is 6.16. The van der Waals surface area contributed by atoms with E-state index < -0.39 is 0 Å². The highest BCUT2D eigenvalue weighted by Crippen LogP contribution is 2.38. The molecule has 4 rings (SSSR count). The van der Waals surface area contributed by atoms with Gasteiger partial charge in [0.1, 0.15) is 0 Å². The first-order valence-corrected chi connectivity index (χ1v) is 12.2. The highest BCUT2D eigenvalue weighted by Gasteiger charge is 2.28. The fourth-order valence-electron chi connectivity index (χ4n) is 4.02. The second-order valence-corrected chi connectivity index (χ2v) is 9.32. The van der Waals surface area contributed by atoms with Crippen LogP contribution >= 0.6 is 11.6 Å². The summed E-state index contributed by atoms with van der Waals surface area (Å²) in [4.78, 5) is 29.2. The molecule has 0 saturated carbocycles. The minimum absolute atomic E-state index is 0.153. The van der Waals surface area contributed by atoms with Crippen LogP contribution in [0.2, 0.25) is 5.02 Å². The van der Waals surface area contributed by atoms with Crippen molar-refractivity contribution in [3.63, 3.8) is 0 Å². The monoisotopic (exact) mass is 503 g/mol. The lowest BCUT2D eigenvalue weighted by Gasteiger charge is -2.20. The molecule has 0 unspecified atom stereocenters. The van der Waals surface area contributed by atoms with Crippen molar-refractivity contribution >= 4 is 51.9 Å². The normalized spacial score (nSPS) is 13.8. The van der Waals surface area contributed by atoms with Crippen LogP contribution in [0.5, 0.6) is 0 Å². The Balaban J connectivity index is 1.56. The van der Waals surface area contributed by atoms with E-state index in [4.69, 9.17) is 11.6 Å². The molecule has 0 fully saturated rings. The van der Waals surface area contributed by atoms with E-state index in [1.807, 2.05) is 74.8 Å². The predicted octanol–water partition coefficient (Wildman–Crippen LogP) is 5.37. The molecule has 0 saturated heterocycles. The largest absolute Gasteiger partial charge is 0.354 e. The van der Waals surface area contributed by atoms with Crippen LogP contribution in [0.25, 0.3) is 11.3 Å². The number of hydrogen-bond acceptors (Lipinski definition) is 4. The van der Waals surface area contributed by atoms with Gasteiger partial charge in [0.15, 0.2) is 0 Å². The summed E-state index contributed by atoms with van der Waals surface area (Å²) in [5.41, 5.74) is 5.14. The number of rotatable bonds is 8. The molecule has 0 bridgehead atoms. The number of amides is 3. The molecule has 3 aromatic carbocycles. The molecule has 36 heavy (non-hydrogen) atoms. The Bertz CT molecular complexity index is 1270. The number of hydrogen-bond donors (Lipinski definition) is 3.